The molecule has 3 aromatic rings. The minimum atomic E-state index is -0.416. The number of ether oxygens (including phenoxy) is 2. The van der Waals surface area contributed by atoms with Crippen LogP contribution in [0.25, 0.3) is 23.1 Å². The molecule has 1 atom stereocenters. The fourth-order valence-electron chi connectivity index (χ4n) is 3.29. The highest BCUT2D eigenvalue weighted by Crippen LogP contribution is 2.30. The van der Waals surface area contributed by atoms with Crippen LogP contribution in [-0.4, -0.2) is 54.0 Å². The molecule has 0 bridgehead atoms. The number of fused-ring (bicyclic) bond motifs is 1. The van der Waals surface area contributed by atoms with E-state index in [2.05, 4.69) is 10.2 Å². The Bertz CT molecular complexity index is 1040. The van der Waals surface area contributed by atoms with Gasteiger partial charge < -0.3 is 14.3 Å². The Kier molecular flexibility index (Phi) is 5.59. The standard InChI is InChI=1S/C22H23N3O4/c1-15(26)20-14-28-12-11-25(20)29-21-10-8-16(13-22(21)27-2)7-9-19-17-5-3-4-6-18(17)23-24-19/h3-10,13,20H,11-12,14H2,1-2H3,(H,23,24)/b9-7+. The van der Waals surface area contributed by atoms with Crippen LogP contribution in [0.4, 0.5) is 0 Å². The van der Waals surface area contributed by atoms with E-state index in [4.69, 9.17) is 14.3 Å². The maximum Gasteiger partial charge on any atom is 0.189 e. The molecule has 4 rings (SSSR count). The molecule has 150 valence electrons. The first kappa shape index (κ1) is 19.2. The van der Waals surface area contributed by atoms with Crippen LogP contribution in [0, 0.1) is 0 Å². The normalized spacial score (nSPS) is 17.7. The number of H-pyrrole nitrogens is 1. The molecular weight excluding hydrogens is 370 g/mol. The number of nitrogens with one attached hydrogen (secondary N) is 1. The van der Waals surface area contributed by atoms with Crippen LogP contribution in [0.15, 0.2) is 42.5 Å². The minimum Gasteiger partial charge on any atom is -0.493 e. The van der Waals surface area contributed by atoms with E-state index in [1.54, 1.807) is 19.1 Å². The van der Waals surface area contributed by atoms with Gasteiger partial charge in [0.2, 0.25) is 0 Å². The van der Waals surface area contributed by atoms with Gasteiger partial charge >= 0.3 is 0 Å². The quantitative estimate of drug-likeness (QED) is 0.692. The smallest absolute Gasteiger partial charge is 0.189 e. The molecule has 0 radical (unpaired) electrons. The van der Waals surface area contributed by atoms with E-state index in [9.17, 15) is 4.79 Å². The van der Waals surface area contributed by atoms with Gasteiger partial charge in [-0.25, -0.2) is 0 Å². The maximum atomic E-state index is 11.8. The molecule has 0 saturated carbocycles. The van der Waals surface area contributed by atoms with Crippen molar-refractivity contribution in [3.63, 3.8) is 0 Å². The van der Waals surface area contributed by atoms with Gasteiger partial charge in [-0.2, -0.15) is 5.10 Å². The fraction of sp³-hybridized carbons (Fsp3) is 0.273. The zero-order valence-electron chi connectivity index (χ0n) is 16.4. The number of hydrogen-bond acceptors (Lipinski definition) is 6. The zero-order valence-corrected chi connectivity index (χ0v) is 16.4. The van der Waals surface area contributed by atoms with Crippen molar-refractivity contribution in [2.75, 3.05) is 26.9 Å². The molecule has 1 unspecified atom stereocenters. The van der Waals surface area contributed by atoms with E-state index in [1.165, 1.54) is 0 Å². The van der Waals surface area contributed by atoms with Crippen molar-refractivity contribution in [2.45, 2.75) is 13.0 Å². The molecule has 1 fully saturated rings. The van der Waals surface area contributed by atoms with Crippen molar-refractivity contribution >= 4 is 28.8 Å². The maximum absolute atomic E-state index is 11.8. The summed E-state index contributed by atoms with van der Waals surface area (Å²) in [4.78, 5) is 17.8. The first-order valence-electron chi connectivity index (χ1n) is 9.48. The van der Waals surface area contributed by atoms with Crippen LogP contribution in [-0.2, 0) is 9.53 Å². The second kappa shape index (κ2) is 8.46. The van der Waals surface area contributed by atoms with Gasteiger partial charge in [0, 0.05) is 5.39 Å². The van der Waals surface area contributed by atoms with Crippen LogP contribution < -0.4 is 9.57 Å². The van der Waals surface area contributed by atoms with Gasteiger partial charge in [-0.3, -0.25) is 9.89 Å². The average Bonchev–Trinajstić information content (AvgIpc) is 3.16. The Morgan fingerprint density at radius 3 is 2.93 bits per heavy atom. The Morgan fingerprint density at radius 2 is 2.10 bits per heavy atom. The van der Waals surface area contributed by atoms with Crippen LogP contribution in [0.5, 0.6) is 11.5 Å². The Balaban J connectivity index is 1.54. The summed E-state index contributed by atoms with van der Waals surface area (Å²) < 4.78 is 10.9. The van der Waals surface area contributed by atoms with Crippen molar-refractivity contribution in [3.05, 3.63) is 53.7 Å². The number of hydroxylamine groups is 2. The number of ketones is 1. The highest BCUT2D eigenvalue weighted by Gasteiger charge is 2.29. The molecule has 1 N–H and O–H groups in total. The summed E-state index contributed by atoms with van der Waals surface area (Å²) in [6, 6.07) is 13.2. The first-order chi connectivity index (χ1) is 14.2. The molecule has 0 aliphatic carbocycles. The van der Waals surface area contributed by atoms with Gasteiger partial charge in [-0.05, 0) is 36.8 Å². The first-order valence-corrected chi connectivity index (χ1v) is 9.48. The minimum absolute atomic E-state index is 0.00875. The number of morpholine rings is 1. The lowest BCUT2D eigenvalue weighted by Crippen LogP contribution is -2.50. The fourth-order valence-corrected chi connectivity index (χ4v) is 3.29. The van der Waals surface area contributed by atoms with Gasteiger partial charge in [0.25, 0.3) is 0 Å². The number of nitrogens with zero attached hydrogens (tertiary/aromatic N) is 2. The third-order valence-corrected chi connectivity index (χ3v) is 4.89. The number of carbonyl (C=O) groups excluding carboxylic acids is 1. The third-order valence-electron chi connectivity index (χ3n) is 4.89. The van der Waals surface area contributed by atoms with Gasteiger partial charge in [-0.15, -0.1) is 5.06 Å². The summed E-state index contributed by atoms with van der Waals surface area (Å²) in [5, 5.41) is 10.1. The number of aromatic amines is 1. The summed E-state index contributed by atoms with van der Waals surface area (Å²) in [6.07, 6.45) is 3.93. The topological polar surface area (TPSA) is 76.7 Å². The second-order valence-corrected chi connectivity index (χ2v) is 6.83. The van der Waals surface area contributed by atoms with E-state index in [-0.39, 0.29) is 5.78 Å². The van der Waals surface area contributed by atoms with E-state index >= 15 is 0 Å². The number of benzene rings is 2. The Morgan fingerprint density at radius 1 is 1.24 bits per heavy atom. The van der Waals surface area contributed by atoms with Crippen LogP contribution in [0.3, 0.4) is 0 Å². The number of methoxy groups -OCH3 is 1. The molecule has 0 amide bonds. The van der Waals surface area contributed by atoms with Crippen LogP contribution in [0.1, 0.15) is 18.2 Å². The molecule has 7 nitrogen and oxygen atoms in total. The Labute approximate surface area is 168 Å². The van der Waals surface area contributed by atoms with Crippen molar-refractivity contribution in [3.8, 4) is 11.5 Å². The number of hydrogen-bond donors (Lipinski definition) is 1. The average molecular weight is 393 g/mol. The summed E-state index contributed by atoms with van der Waals surface area (Å²) in [6.45, 7) is 2.90. The van der Waals surface area contributed by atoms with Gasteiger partial charge in [0.1, 0.15) is 6.04 Å². The van der Waals surface area contributed by atoms with E-state index in [0.29, 0.717) is 31.3 Å². The summed E-state index contributed by atoms with van der Waals surface area (Å²) >= 11 is 0. The lowest BCUT2D eigenvalue weighted by atomic mass is 10.1. The number of Topliss-reactive ketones (excluding diaryl/α,β-unsaturated/α-hetero) is 1. The second-order valence-electron chi connectivity index (χ2n) is 6.83. The molecule has 1 aliphatic heterocycles. The molecule has 1 aromatic heterocycles. The third kappa shape index (κ3) is 4.16. The van der Waals surface area contributed by atoms with Gasteiger partial charge in [0.15, 0.2) is 17.3 Å². The highest BCUT2D eigenvalue weighted by atomic mass is 16.7. The molecular formula is C22H23N3O4. The molecule has 1 saturated heterocycles. The van der Waals surface area contributed by atoms with Crippen molar-refractivity contribution in [2.24, 2.45) is 0 Å². The number of carbonyl (C=O) groups is 1. The lowest BCUT2D eigenvalue weighted by molar-refractivity contribution is -0.169. The van der Waals surface area contributed by atoms with Crippen molar-refractivity contribution < 1.29 is 19.1 Å². The molecule has 7 heteroatoms. The monoisotopic (exact) mass is 393 g/mol. The predicted octanol–water partition coefficient (Wildman–Crippen LogP) is 3.33. The SMILES string of the molecule is COc1cc(/C=C/c2n[nH]c3ccccc23)ccc1ON1CCOCC1C(C)=O. The summed E-state index contributed by atoms with van der Waals surface area (Å²) in [5.74, 6) is 1.16. The summed E-state index contributed by atoms with van der Waals surface area (Å²) in [5.41, 5.74) is 2.82. The Hall–Kier alpha value is -3.16. The van der Waals surface area contributed by atoms with Crippen LogP contribution in [0.2, 0.25) is 0 Å². The van der Waals surface area contributed by atoms with E-state index in [0.717, 1.165) is 22.2 Å². The molecule has 29 heavy (non-hydrogen) atoms. The highest BCUT2D eigenvalue weighted by molar-refractivity contribution is 5.89. The van der Waals surface area contributed by atoms with Crippen molar-refractivity contribution in [1.29, 1.82) is 0 Å². The molecule has 2 heterocycles. The van der Waals surface area contributed by atoms with E-state index < -0.39 is 6.04 Å². The molecule has 2 aromatic carbocycles. The van der Waals surface area contributed by atoms with E-state index in [1.807, 2.05) is 54.6 Å². The predicted molar refractivity (Wildman–Crippen MR) is 111 cm³/mol. The molecule has 1 aliphatic rings. The summed E-state index contributed by atoms with van der Waals surface area (Å²) in [7, 11) is 1.60. The van der Waals surface area contributed by atoms with Gasteiger partial charge in [0.05, 0.1) is 38.1 Å². The van der Waals surface area contributed by atoms with Gasteiger partial charge in [-0.1, -0.05) is 30.3 Å². The lowest BCUT2D eigenvalue weighted by Gasteiger charge is -2.33. The zero-order chi connectivity index (χ0) is 20.2. The number of aromatic nitrogens is 2. The van der Waals surface area contributed by atoms with Crippen molar-refractivity contribution in [1.82, 2.24) is 15.3 Å². The number of rotatable bonds is 6. The number of para-hydroxylation sites is 1. The van der Waals surface area contributed by atoms with Crippen LogP contribution >= 0.6 is 0 Å². The molecule has 0 spiro atoms. The largest absolute Gasteiger partial charge is 0.493 e.